The van der Waals surface area contributed by atoms with E-state index >= 15 is 0 Å². The average Bonchev–Trinajstić information content (AvgIpc) is 2.90. The zero-order valence-electron chi connectivity index (χ0n) is 9.83. The van der Waals surface area contributed by atoms with Crippen LogP contribution in [0.5, 0.6) is 0 Å². The molecule has 1 aromatic carbocycles. The lowest BCUT2D eigenvalue weighted by Gasteiger charge is -2.21. The van der Waals surface area contributed by atoms with Gasteiger partial charge < -0.3 is 4.89 Å². The molecule has 1 aromatic heterocycles. The summed E-state index contributed by atoms with van der Waals surface area (Å²) in [5.74, 6) is 0. The van der Waals surface area contributed by atoms with Gasteiger partial charge in [-0.05, 0) is 12.1 Å². The molecule has 108 valence electrons. The maximum atomic E-state index is 13.6. The third-order valence-electron chi connectivity index (χ3n) is 2.58. The number of nitrogens with zero attached hydrogens (tertiary/aromatic N) is 2. The average molecular weight is 325 g/mol. The molecule has 2 aromatic rings. The van der Waals surface area contributed by atoms with Crippen molar-refractivity contribution in [3.63, 3.8) is 0 Å². The molecule has 0 aliphatic rings. The van der Waals surface area contributed by atoms with Crippen LogP contribution in [0.1, 0.15) is 0 Å². The molecule has 0 bridgehead atoms. The molecule has 0 fully saturated rings. The normalized spacial score (nSPS) is 16.6. The van der Waals surface area contributed by atoms with Gasteiger partial charge in [-0.3, -0.25) is 9.13 Å². The third-order valence-corrected chi connectivity index (χ3v) is 4.72. The first-order valence-corrected chi connectivity index (χ1v) is 7.46. The largest absolute Gasteiger partial charge is 0.375 e. The van der Waals surface area contributed by atoms with Crippen LogP contribution in [0.15, 0.2) is 42.7 Å². The Bertz CT molecular complexity index is 648. The molecular weight excluding hydrogens is 316 g/mol. The second-order valence-electron chi connectivity index (χ2n) is 3.90. The second-order valence-corrected chi connectivity index (χ2v) is 6.35. The van der Waals surface area contributed by atoms with Gasteiger partial charge in [0.1, 0.15) is 0 Å². The van der Waals surface area contributed by atoms with Crippen LogP contribution in [0.25, 0.3) is 0 Å². The SMILES string of the molecule is O=P(O)(c1ccccc1)c1nccn1C(F)(F)[C@@H](F)Cl. The van der Waals surface area contributed by atoms with E-state index < -0.39 is 24.6 Å². The van der Waals surface area contributed by atoms with Crippen molar-refractivity contribution in [3.8, 4) is 0 Å². The van der Waals surface area contributed by atoms with Crippen molar-refractivity contribution in [2.45, 2.75) is 11.7 Å². The summed E-state index contributed by atoms with van der Waals surface area (Å²) in [5, 5.41) is -0.0896. The summed E-state index contributed by atoms with van der Waals surface area (Å²) in [6.45, 7) is 0. The molecule has 0 radical (unpaired) electrons. The van der Waals surface area contributed by atoms with Crippen molar-refractivity contribution in [2.75, 3.05) is 0 Å². The summed E-state index contributed by atoms with van der Waals surface area (Å²) in [4.78, 5) is 13.5. The number of aromatic nitrogens is 2. The van der Waals surface area contributed by atoms with E-state index in [2.05, 4.69) is 4.98 Å². The van der Waals surface area contributed by atoms with Gasteiger partial charge in [0.25, 0.3) is 13.0 Å². The number of alkyl halides is 4. The summed E-state index contributed by atoms with van der Waals surface area (Å²) < 4.78 is 52.3. The first kappa shape index (κ1) is 15.1. The molecule has 9 heteroatoms. The number of hydrogen-bond acceptors (Lipinski definition) is 2. The molecule has 0 aliphatic heterocycles. The fraction of sp³-hybridized carbons (Fsp3) is 0.182. The number of halogens is 4. The fourth-order valence-corrected chi connectivity index (χ4v) is 3.23. The molecule has 1 unspecified atom stereocenters. The molecule has 0 aliphatic carbocycles. The lowest BCUT2D eigenvalue weighted by Crippen LogP contribution is -2.39. The lowest BCUT2D eigenvalue weighted by atomic mass is 10.4. The second kappa shape index (κ2) is 5.24. The Balaban J connectivity index is 2.56. The van der Waals surface area contributed by atoms with Crippen LogP contribution in [-0.2, 0) is 10.6 Å². The highest BCUT2D eigenvalue weighted by Gasteiger charge is 2.45. The first-order valence-electron chi connectivity index (χ1n) is 5.36. The number of hydrogen-bond donors (Lipinski definition) is 1. The predicted molar refractivity (Wildman–Crippen MR) is 68.7 cm³/mol. The van der Waals surface area contributed by atoms with Crippen molar-refractivity contribution in [1.82, 2.24) is 9.55 Å². The molecule has 0 saturated heterocycles. The molecule has 1 heterocycles. The van der Waals surface area contributed by atoms with E-state index in [4.69, 9.17) is 11.6 Å². The Morgan fingerprint density at radius 2 is 1.95 bits per heavy atom. The maximum absolute atomic E-state index is 13.6. The van der Waals surface area contributed by atoms with E-state index in [0.717, 1.165) is 6.20 Å². The predicted octanol–water partition coefficient (Wildman–Crippen LogP) is 2.19. The Hall–Kier alpha value is -1.30. The van der Waals surface area contributed by atoms with Gasteiger partial charge in [-0.25, -0.2) is 9.37 Å². The topological polar surface area (TPSA) is 55.1 Å². The fourth-order valence-electron chi connectivity index (χ4n) is 1.60. The van der Waals surface area contributed by atoms with Gasteiger partial charge in [0.2, 0.25) is 5.57 Å². The van der Waals surface area contributed by atoms with Crippen molar-refractivity contribution in [2.24, 2.45) is 0 Å². The Labute approximate surface area is 117 Å². The summed E-state index contributed by atoms with van der Waals surface area (Å²) in [6, 6.07) is 2.96. The van der Waals surface area contributed by atoms with Crippen molar-refractivity contribution >= 4 is 29.8 Å². The van der Waals surface area contributed by atoms with Crippen LogP contribution in [-0.4, -0.2) is 20.1 Å². The zero-order valence-corrected chi connectivity index (χ0v) is 11.5. The smallest absolute Gasteiger partial charge is 0.336 e. The zero-order chi connectivity index (χ0) is 15.0. The van der Waals surface area contributed by atoms with Crippen LogP contribution in [0.3, 0.4) is 0 Å². The molecule has 20 heavy (non-hydrogen) atoms. The van der Waals surface area contributed by atoms with Gasteiger partial charge in [-0.2, -0.15) is 8.78 Å². The minimum absolute atomic E-state index is 0.0154. The molecular formula is C11H9ClF3N2O2P. The highest BCUT2D eigenvalue weighted by atomic mass is 35.5. The molecule has 0 saturated carbocycles. The van der Waals surface area contributed by atoms with Gasteiger partial charge in [0.05, 0.1) is 0 Å². The Morgan fingerprint density at radius 1 is 1.35 bits per heavy atom. The molecule has 1 N–H and O–H groups in total. The number of benzene rings is 1. The van der Waals surface area contributed by atoms with E-state index in [1.54, 1.807) is 6.07 Å². The summed E-state index contributed by atoms with van der Waals surface area (Å²) in [6.07, 6.45) is 1.59. The minimum Gasteiger partial charge on any atom is -0.336 e. The van der Waals surface area contributed by atoms with Gasteiger partial charge in [-0.15, -0.1) is 0 Å². The molecule has 4 nitrogen and oxygen atoms in total. The first-order chi connectivity index (χ1) is 9.28. The van der Waals surface area contributed by atoms with Gasteiger partial charge in [0, 0.05) is 17.7 Å². The molecule has 0 spiro atoms. The quantitative estimate of drug-likeness (QED) is 0.693. The molecule has 0 amide bonds. The third kappa shape index (κ3) is 2.49. The van der Waals surface area contributed by atoms with Gasteiger partial charge >= 0.3 is 6.05 Å². The Kier molecular flexibility index (Phi) is 3.95. The van der Waals surface area contributed by atoms with E-state index in [-0.39, 0.29) is 9.87 Å². The maximum Gasteiger partial charge on any atom is 0.375 e. The monoisotopic (exact) mass is 324 g/mol. The minimum atomic E-state index is -4.38. The molecule has 2 rings (SSSR count). The highest BCUT2D eigenvalue weighted by molar-refractivity contribution is 7.73. The van der Waals surface area contributed by atoms with Gasteiger partial charge in [0.15, 0.2) is 0 Å². The van der Waals surface area contributed by atoms with E-state index in [1.165, 1.54) is 24.3 Å². The van der Waals surface area contributed by atoms with Crippen LogP contribution in [0.4, 0.5) is 13.2 Å². The van der Waals surface area contributed by atoms with Crippen molar-refractivity contribution < 1.29 is 22.6 Å². The van der Waals surface area contributed by atoms with Crippen LogP contribution in [0, 0.1) is 0 Å². The van der Waals surface area contributed by atoms with Crippen LogP contribution < -0.4 is 10.9 Å². The van der Waals surface area contributed by atoms with Crippen molar-refractivity contribution in [1.29, 1.82) is 0 Å². The molecule has 2 atom stereocenters. The standard InChI is InChI=1S/C11H9ClF3N2O2P/c12-9(13)11(14,15)17-7-6-16-10(17)20(18,19)8-4-2-1-3-5-8/h1-7,9H,(H,18,19)/t9-/m1/s1. The summed E-state index contributed by atoms with van der Waals surface area (Å²) in [7, 11) is -4.38. The van der Waals surface area contributed by atoms with E-state index in [1.807, 2.05) is 0 Å². The van der Waals surface area contributed by atoms with E-state index in [9.17, 15) is 22.6 Å². The van der Waals surface area contributed by atoms with Crippen LogP contribution in [0.2, 0.25) is 0 Å². The van der Waals surface area contributed by atoms with Gasteiger partial charge in [-0.1, -0.05) is 29.8 Å². The summed E-state index contributed by atoms with van der Waals surface area (Å²) >= 11 is 4.79. The lowest BCUT2D eigenvalue weighted by molar-refractivity contribution is -0.113. The highest BCUT2D eigenvalue weighted by Crippen LogP contribution is 2.40. The Morgan fingerprint density at radius 3 is 2.50 bits per heavy atom. The number of rotatable bonds is 4. The summed E-state index contributed by atoms with van der Waals surface area (Å²) in [5.41, 5.74) is -3.89. The number of imidazole rings is 1. The van der Waals surface area contributed by atoms with Crippen LogP contribution >= 0.6 is 19.0 Å². The van der Waals surface area contributed by atoms with Crippen molar-refractivity contribution in [3.05, 3.63) is 42.7 Å². The van der Waals surface area contributed by atoms with E-state index in [0.29, 0.717) is 6.20 Å².